The minimum Gasteiger partial charge on any atom is -0.394 e. The van der Waals surface area contributed by atoms with Crippen molar-refractivity contribution in [1.82, 2.24) is 0 Å². The Bertz CT molecular complexity index is 413. The zero-order valence-corrected chi connectivity index (χ0v) is 12.6. The van der Waals surface area contributed by atoms with Crippen LogP contribution < -0.4 is 0 Å². The van der Waals surface area contributed by atoms with Crippen LogP contribution in [0.1, 0.15) is 0 Å². The Hall–Kier alpha value is -0.110. The van der Waals surface area contributed by atoms with Crippen molar-refractivity contribution < 1.29 is 50.3 Å². The van der Waals surface area contributed by atoms with E-state index in [1.807, 2.05) is 0 Å². The van der Waals surface area contributed by atoms with Gasteiger partial charge in [0.2, 0.25) is 0 Å². The van der Waals surface area contributed by atoms with Gasteiger partial charge in [-0.05, 0) is 0 Å². The standard InChI is InChI=1S/C12H21ClO10/c13-4-6(17)7(18)11(21)22-8(4)10(20)12(2-15)9(19)5(16)3(1-14)23-12/h3-11,14-21H,1-2H2/t3-,4-,5-,6+,7-,8+,9+,10?,11?,12?/m1/s1. The molecule has 2 aliphatic heterocycles. The largest absolute Gasteiger partial charge is 0.394 e. The molecule has 0 aliphatic carbocycles. The summed E-state index contributed by atoms with van der Waals surface area (Å²) in [6.07, 6.45) is -13.3. The number of halogens is 1. The van der Waals surface area contributed by atoms with E-state index in [9.17, 15) is 35.7 Å². The number of rotatable bonds is 4. The molecular formula is C12H21ClO10. The van der Waals surface area contributed by atoms with Gasteiger partial charge in [0.25, 0.3) is 0 Å². The Kier molecular flexibility index (Phi) is 5.87. The van der Waals surface area contributed by atoms with Crippen molar-refractivity contribution in [3.05, 3.63) is 0 Å². The third kappa shape index (κ3) is 2.98. The molecule has 2 aliphatic rings. The molecule has 2 fully saturated rings. The molecule has 0 saturated carbocycles. The van der Waals surface area contributed by atoms with E-state index in [2.05, 4.69) is 0 Å². The summed E-state index contributed by atoms with van der Waals surface area (Å²) < 4.78 is 10.2. The average Bonchev–Trinajstić information content (AvgIpc) is 2.80. The molecule has 136 valence electrons. The number of aliphatic hydroxyl groups excluding tert-OH is 8. The number of ether oxygens (including phenoxy) is 2. The molecule has 2 saturated heterocycles. The third-order valence-electron chi connectivity index (χ3n) is 4.39. The summed E-state index contributed by atoms with van der Waals surface area (Å²) in [5, 5.41) is 76.5. The average molecular weight is 361 g/mol. The molecular weight excluding hydrogens is 340 g/mol. The van der Waals surface area contributed by atoms with Crippen LogP contribution in [0.25, 0.3) is 0 Å². The van der Waals surface area contributed by atoms with E-state index in [0.717, 1.165) is 0 Å². The normalized spacial score (nSPS) is 52.6. The second-order valence-corrected chi connectivity index (χ2v) is 6.25. The van der Waals surface area contributed by atoms with Crippen molar-refractivity contribution in [2.45, 2.75) is 60.0 Å². The maximum atomic E-state index is 10.5. The predicted octanol–water partition coefficient (Wildman–Crippen LogP) is -4.76. The van der Waals surface area contributed by atoms with E-state index < -0.39 is 73.2 Å². The van der Waals surface area contributed by atoms with Crippen molar-refractivity contribution in [2.75, 3.05) is 13.2 Å². The van der Waals surface area contributed by atoms with Crippen molar-refractivity contribution >= 4 is 11.6 Å². The van der Waals surface area contributed by atoms with Gasteiger partial charge in [-0.25, -0.2) is 0 Å². The molecule has 0 bridgehead atoms. The summed E-state index contributed by atoms with van der Waals surface area (Å²) in [6.45, 7) is -1.66. The Balaban J connectivity index is 2.28. The highest BCUT2D eigenvalue weighted by Gasteiger charge is 2.62. The summed E-state index contributed by atoms with van der Waals surface area (Å²) in [7, 11) is 0. The number of hydrogen-bond acceptors (Lipinski definition) is 10. The molecule has 2 heterocycles. The molecule has 8 N–H and O–H groups in total. The second-order valence-electron chi connectivity index (χ2n) is 5.75. The summed E-state index contributed by atoms with van der Waals surface area (Å²) in [6, 6.07) is 0. The minimum atomic E-state index is -2.16. The van der Waals surface area contributed by atoms with Crippen LogP contribution in [0.3, 0.4) is 0 Å². The van der Waals surface area contributed by atoms with Gasteiger partial charge in [0.15, 0.2) is 6.29 Å². The van der Waals surface area contributed by atoms with E-state index in [1.165, 1.54) is 0 Å². The summed E-state index contributed by atoms with van der Waals surface area (Å²) in [4.78, 5) is 0. The first-order valence-corrected chi connectivity index (χ1v) is 7.42. The van der Waals surface area contributed by atoms with Gasteiger partial charge in [0.1, 0.15) is 48.3 Å². The van der Waals surface area contributed by atoms with E-state index in [1.54, 1.807) is 0 Å². The Labute approximate surface area is 136 Å². The lowest BCUT2D eigenvalue weighted by atomic mass is 9.83. The number of alkyl halides is 1. The molecule has 11 heteroatoms. The lowest BCUT2D eigenvalue weighted by Crippen LogP contribution is -2.66. The van der Waals surface area contributed by atoms with Crippen LogP contribution >= 0.6 is 11.6 Å². The molecule has 10 atom stereocenters. The van der Waals surface area contributed by atoms with Crippen molar-refractivity contribution in [1.29, 1.82) is 0 Å². The summed E-state index contributed by atoms with van der Waals surface area (Å²) >= 11 is 5.90. The third-order valence-corrected chi connectivity index (χ3v) is 4.90. The van der Waals surface area contributed by atoms with Gasteiger partial charge in [0.05, 0.1) is 18.6 Å². The summed E-state index contributed by atoms with van der Waals surface area (Å²) in [5.74, 6) is 0. The number of hydrogen-bond donors (Lipinski definition) is 8. The Morgan fingerprint density at radius 1 is 1.00 bits per heavy atom. The smallest absolute Gasteiger partial charge is 0.183 e. The van der Waals surface area contributed by atoms with Gasteiger partial charge in [0, 0.05) is 0 Å². The molecule has 23 heavy (non-hydrogen) atoms. The zero-order chi connectivity index (χ0) is 17.5. The van der Waals surface area contributed by atoms with Gasteiger partial charge in [-0.15, -0.1) is 11.6 Å². The highest BCUT2D eigenvalue weighted by molar-refractivity contribution is 6.21. The molecule has 0 spiro atoms. The van der Waals surface area contributed by atoms with Crippen molar-refractivity contribution in [3.63, 3.8) is 0 Å². The van der Waals surface area contributed by atoms with E-state index in [0.29, 0.717) is 0 Å². The Morgan fingerprint density at radius 3 is 2.09 bits per heavy atom. The van der Waals surface area contributed by atoms with Crippen LogP contribution in [0.15, 0.2) is 0 Å². The number of aliphatic hydroxyl groups is 8. The molecule has 0 aromatic carbocycles. The highest BCUT2D eigenvalue weighted by Crippen LogP contribution is 2.39. The fraction of sp³-hybridized carbons (Fsp3) is 1.00. The van der Waals surface area contributed by atoms with E-state index in [-0.39, 0.29) is 0 Å². The molecule has 3 unspecified atom stereocenters. The topological polar surface area (TPSA) is 180 Å². The van der Waals surface area contributed by atoms with Gasteiger partial charge in [-0.2, -0.15) is 0 Å². The first kappa shape index (κ1) is 19.2. The van der Waals surface area contributed by atoms with Crippen LogP contribution in [-0.2, 0) is 9.47 Å². The zero-order valence-electron chi connectivity index (χ0n) is 11.9. The highest BCUT2D eigenvalue weighted by atomic mass is 35.5. The first-order valence-electron chi connectivity index (χ1n) is 6.98. The van der Waals surface area contributed by atoms with Gasteiger partial charge >= 0.3 is 0 Å². The molecule has 0 amide bonds. The molecule has 0 radical (unpaired) electrons. The maximum Gasteiger partial charge on any atom is 0.183 e. The van der Waals surface area contributed by atoms with Crippen LogP contribution in [-0.4, -0.2) is 114 Å². The predicted molar refractivity (Wildman–Crippen MR) is 72.3 cm³/mol. The fourth-order valence-corrected chi connectivity index (χ4v) is 3.27. The Morgan fingerprint density at radius 2 is 1.61 bits per heavy atom. The van der Waals surface area contributed by atoms with Crippen molar-refractivity contribution in [3.8, 4) is 0 Å². The molecule has 0 aromatic heterocycles. The fourth-order valence-electron chi connectivity index (χ4n) is 2.92. The van der Waals surface area contributed by atoms with Crippen molar-refractivity contribution in [2.24, 2.45) is 0 Å². The van der Waals surface area contributed by atoms with Crippen LogP contribution in [0, 0.1) is 0 Å². The monoisotopic (exact) mass is 360 g/mol. The summed E-state index contributed by atoms with van der Waals surface area (Å²) in [5.41, 5.74) is -2.16. The van der Waals surface area contributed by atoms with E-state index in [4.69, 9.17) is 26.2 Å². The van der Waals surface area contributed by atoms with Crippen LogP contribution in [0.2, 0.25) is 0 Å². The van der Waals surface area contributed by atoms with E-state index >= 15 is 0 Å². The minimum absolute atomic E-state index is 0.688. The molecule has 10 nitrogen and oxygen atoms in total. The van der Waals surface area contributed by atoms with Crippen LogP contribution in [0.4, 0.5) is 0 Å². The van der Waals surface area contributed by atoms with Gasteiger partial charge < -0.3 is 50.3 Å². The first-order chi connectivity index (χ1) is 10.7. The molecule has 0 aromatic rings. The second kappa shape index (κ2) is 7.02. The molecule has 2 rings (SSSR count). The lowest BCUT2D eigenvalue weighted by Gasteiger charge is -2.45. The van der Waals surface area contributed by atoms with Crippen LogP contribution in [0.5, 0.6) is 0 Å². The lowest BCUT2D eigenvalue weighted by molar-refractivity contribution is -0.286. The maximum absolute atomic E-state index is 10.5. The SMILES string of the molecule is OC[C@H]1OC(CO)(C(O)[C@H]2OC(O)[C@H](O)[C@@H](O)[C@H]2Cl)[C@@H](O)[C@@H]1O. The van der Waals surface area contributed by atoms with Gasteiger partial charge in [-0.1, -0.05) is 0 Å². The van der Waals surface area contributed by atoms with Gasteiger partial charge in [-0.3, -0.25) is 0 Å². The quantitative estimate of drug-likeness (QED) is 0.227.